The van der Waals surface area contributed by atoms with Crippen molar-refractivity contribution in [1.29, 1.82) is 0 Å². The van der Waals surface area contributed by atoms with Gasteiger partial charge in [-0.3, -0.25) is 4.79 Å². The van der Waals surface area contributed by atoms with Crippen LogP contribution in [0.2, 0.25) is 0 Å². The molecule has 132 valence electrons. The summed E-state index contributed by atoms with van der Waals surface area (Å²) < 4.78 is 2.16. The van der Waals surface area contributed by atoms with E-state index in [9.17, 15) is 4.79 Å². The predicted octanol–water partition coefficient (Wildman–Crippen LogP) is 4.89. The van der Waals surface area contributed by atoms with Crippen LogP contribution in [-0.2, 0) is 6.54 Å². The van der Waals surface area contributed by atoms with Gasteiger partial charge in [-0.15, -0.1) is 10.2 Å². The van der Waals surface area contributed by atoms with E-state index in [-0.39, 0.29) is 11.0 Å². The van der Waals surface area contributed by atoms with Crippen molar-refractivity contribution in [3.05, 3.63) is 77.6 Å². The molecular formula is C21H21N3OS. The van der Waals surface area contributed by atoms with Gasteiger partial charge in [-0.25, -0.2) is 0 Å². The van der Waals surface area contributed by atoms with Crippen LogP contribution in [0.5, 0.6) is 0 Å². The van der Waals surface area contributed by atoms with E-state index in [1.165, 1.54) is 24.6 Å². The van der Waals surface area contributed by atoms with Gasteiger partial charge < -0.3 is 4.57 Å². The molecular weight excluding hydrogens is 342 g/mol. The summed E-state index contributed by atoms with van der Waals surface area (Å²) in [6, 6.07) is 19.4. The molecule has 2 aromatic carbocycles. The Morgan fingerprint density at radius 1 is 1.08 bits per heavy atom. The van der Waals surface area contributed by atoms with Crippen LogP contribution in [0, 0.1) is 0 Å². The molecule has 0 N–H and O–H groups in total. The average molecular weight is 363 g/mol. The number of nitrogens with zero attached hydrogens (tertiary/aromatic N) is 3. The van der Waals surface area contributed by atoms with Gasteiger partial charge in [-0.1, -0.05) is 72.4 Å². The van der Waals surface area contributed by atoms with E-state index in [4.69, 9.17) is 0 Å². The first-order valence-corrected chi connectivity index (χ1v) is 9.90. The number of hydrogen-bond acceptors (Lipinski definition) is 4. The molecule has 0 aliphatic heterocycles. The highest BCUT2D eigenvalue weighted by atomic mass is 32.2. The fourth-order valence-corrected chi connectivity index (χ4v) is 4.27. The molecule has 26 heavy (non-hydrogen) atoms. The highest BCUT2D eigenvalue weighted by Gasteiger charge is 2.32. The first-order chi connectivity index (χ1) is 12.8. The third kappa shape index (κ3) is 3.44. The summed E-state index contributed by atoms with van der Waals surface area (Å²) in [7, 11) is 0. The molecule has 0 saturated heterocycles. The molecule has 5 heteroatoms. The maximum atomic E-state index is 13.2. The SMILES string of the molecule is CCn1c(S[C@@H](C(=O)c2ccccc2)c2ccccc2)nnc1C1CC1. The Labute approximate surface area is 157 Å². The Balaban J connectivity index is 1.69. The highest BCUT2D eigenvalue weighted by Crippen LogP contribution is 2.42. The summed E-state index contributed by atoms with van der Waals surface area (Å²) in [6.07, 6.45) is 2.38. The van der Waals surface area contributed by atoms with Gasteiger partial charge in [-0.05, 0) is 25.3 Å². The molecule has 0 bridgehead atoms. The lowest BCUT2D eigenvalue weighted by Crippen LogP contribution is -2.11. The number of Topliss-reactive ketones (excluding diaryl/α,β-unsaturated/α-hetero) is 1. The molecule has 4 nitrogen and oxygen atoms in total. The van der Waals surface area contributed by atoms with E-state index in [1.807, 2.05) is 60.7 Å². The van der Waals surface area contributed by atoms with E-state index in [0.29, 0.717) is 5.92 Å². The molecule has 4 rings (SSSR count). The summed E-state index contributed by atoms with van der Waals surface area (Å²) in [4.78, 5) is 13.2. The normalized spacial score (nSPS) is 15.0. The van der Waals surface area contributed by atoms with Crippen LogP contribution in [0.25, 0.3) is 0 Å². The van der Waals surface area contributed by atoms with Gasteiger partial charge in [0.2, 0.25) is 0 Å². The number of thioether (sulfide) groups is 1. The molecule has 1 heterocycles. The molecule has 0 amide bonds. The number of rotatable bonds is 7. The van der Waals surface area contributed by atoms with E-state index in [0.717, 1.165) is 28.7 Å². The Morgan fingerprint density at radius 2 is 1.73 bits per heavy atom. The van der Waals surface area contributed by atoms with Gasteiger partial charge in [-0.2, -0.15) is 0 Å². The summed E-state index contributed by atoms with van der Waals surface area (Å²) in [5.74, 6) is 1.70. The molecule has 3 aromatic rings. The van der Waals surface area contributed by atoms with Crippen LogP contribution < -0.4 is 0 Å². The number of carbonyl (C=O) groups excluding carboxylic acids is 1. The zero-order valence-corrected chi connectivity index (χ0v) is 15.5. The number of hydrogen-bond donors (Lipinski definition) is 0. The minimum atomic E-state index is -0.333. The van der Waals surface area contributed by atoms with Crippen LogP contribution >= 0.6 is 11.8 Å². The number of carbonyl (C=O) groups is 1. The third-order valence-electron chi connectivity index (χ3n) is 4.63. The van der Waals surface area contributed by atoms with Gasteiger partial charge >= 0.3 is 0 Å². The van der Waals surface area contributed by atoms with Crippen molar-refractivity contribution < 1.29 is 4.79 Å². The largest absolute Gasteiger partial charge is 0.306 e. The second kappa shape index (κ2) is 7.46. The van der Waals surface area contributed by atoms with Gasteiger partial charge in [0.1, 0.15) is 11.1 Å². The Kier molecular flexibility index (Phi) is 4.89. The smallest absolute Gasteiger partial charge is 0.192 e. The lowest BCUT2D eigenvalue weighted by molar-refractivity contribution is 0.0989. The zero-order valence-electron chi connectivity index (χ0n) is 14.7. The first kappa shape index (κ1) is 17.0. The van der Waals surface area contributed by atoms with Crippen LogP contribution in [0.4, 0.5) is 0 Å². The summed E-state index contributed by atoms with van der Waals surface area (Å²) in [5.41, 5.74) is 1.71. The number of aromatic nitrogens is 3. The van der Waals surface area contributed by atoms with E-state index < -0.39 is 0 Å². The molecule has 1 fully saturated rings. The van der Waals surface area contributed by atoms with E-state index >= 15 is 0 Å². The van der Waals surface area contributed by atoms with Gasteiger partial charge in [0, 0.05) is 18.0 Å². The van der Waals surface area contributed by atoms with E-state index in [2.05, 4.69) is 21.7 Å². The van der Waals surface area contributed by atoms with Crippen molar-refractivity contribution in [2.24, 2.45) is 0 Å². The second-order valence-corrected chi connectivity index (χ2v) is 7.57. The summed E-state index contributed by atoms with van der Waals surface area (Å²) in [6.45, 7) is 2.93. The molecule has 0 radical (unpaired) electrons. The standard InChI is InChI=1S/C21H21N3OS/c1-2-24-20(17-13-14-17)22-23-21(24)26-19(16-11-7-4-8-12-16)18(25)15-9-5-3-6-10-15/h3-12,17,19H,2,13-14H2,1H3/t19-/m1/s1. The van der Waals surface area contributed by atoms with E-state index in [1.54, 1.807) is 0 Å². The minimum absolute atomic E-state index is 0.0976. The number of benzene rings is 2. The molecule has 1 atom stereocenters. The molecule has 0 spiro atoms. The molecule has 1 aliphatic carbocycles. The summed E-state index contributed by atoms with van der Waals surface area (Å²) in [5, 5.41) is 9.32. The molecule has 1 aromatic heterocycles. The Bertz CT molecular complexity index is 888. The van der Waals surface area contributed by atoms with Crippen LogP contribution in [0.15, 0.2) is 65.8 Å². The lowest BCUT2D eigenvalue weighted by Gasteiger charge is -2.16. The molecule has 0 unspecified atom stereocenters. The van der Waals surface area contributed by atoms with Crippen molar-refractivity contribution in [3.63, 3.8) is 0 Å². The Morgan fingerprint density at radius 3 is 2.35 bits per heavy atom. The molecule has 1 aliphatic rings. The average Bonchev–Trinajstić information content (AvgIpc) is 3.47. The van der Waals surface area contributed by atoms with Crippen LogP contribution in [0.3, 0.4) is 0 Å². The van der Waals surface area contributed by atoms with Crippen molar-refractivity contribution in [2.45, 2.75) is 42.6 Å². The van der Waals surface area contributed by atoms with Crippen molar-refractivity contribution in [1.82, 2.24) is 14.8 Å². The van der Waals surface area contributed by atoms with Crippen molar-refractivity contribution in [3.8, 4) is 0 Å². The van der Waals surface area contributed by atoms with Gasteiger partial charge in [0.05, 0.1) is 0 Å². The zero-order chi connectivity index (χ0) is 17.9. The summed E-state index contributed by atoms with van der Waals surface area (Å²) >= 11 is 1.50. The highest BCUT2D eigenvalue weighted by molar-refractivity contribution is 8.00. The maximum Gasteiger partial charge on any atom is 0.192 e. The maximum absolute atomic E-state index is 13.2. The van der Waals surface area contributed by atoms with Gasteiger partial charge in [0.15, 0.2) is 10.9 Å². The second-order valence-electron chi connectivity index (χ2n) is 6.50. The monoisotopic (exact) mass is 363 g/mol. The lowest BCUT2D eigenvalue weighted by atomic mass is 10.0. The van der Waals surface area contributed by atoms with Crippen molar-refractivity contribution in [2.75, 3.05) is 0 Å². The van der Waals surface area contributed by atoms with Crippen LogP contribution in [0.1, 0.15) is 52.7 Å². The van der Waals surface area contributed by atoms with Crippen molar-refractivity contribution >= 4 is 17.5 Å². The third-order valence-corrected chi connectivity index (χ3v) is 5.86. The fourth-order valence-electron chi connectivity index (χ4n) is 3.09. The minimum Gasteiger partial charge on any atom is -0.306 e. The topological polar surface area (TPSA) is 47.8 Å². The number of ketones is 1. The molecule has 1 saturated carbocycles. The quantitative estimate of drug-likeness (QED) is 0.443. The fraction of sp³-hybridized carbons (Fsp3) is 0.286. The first-order valence-electron chi connectivity index (χ1n) is 9.02. The Hall–Kier alpha value is -2.40. The van der Waals surface area contributed by atoms with Crippen LogP contribution in [-0.4, -0.2) is 20.5 Å². The van der Waals surface area contributed by atoms with Gasteiger partial charge in [0.25, 0.3) is 0 Å². The predicted molar refractivity (Wildman–Crippen MR) is 103 cm³/mol.